The van der Waals surface area contributed by atoms with Crippen molar-refractivity contribution in [1.29, 1.82) is 0 Å². The number of aryl methyl sites for hydroxylation is 1. The number of nitrogens with two attached hydrogens (primary N) is 1. The molecule has 1 aliphatic rings. The molecule has 0 unspecified atom stereocenters. The summed E-state index contributed by atoms with van der Waals surface area (Å²) in [6, 6.07) is 1.95. The highest BCUT2D eigenvalue weighted by atomic mass is 35.5. The molecule has 15 heavy (non-hydrogen) atoms. The van der Waals surface area contributed by atoms with Crippen molar-refractivity contribution in [2.24, 2.45) is 5.90 Å². The third-order valence-corrected chi connectivity index (χ3v) is 3.28. The molecule has 0 bridgehead atoms. The highest BCUT2D eigenvalue weighted by Gasteiger charge is 2.18. The minimum absolute atomic E-state index is 0.114. The number of fused-ring (bicyclic) bond motifs is 1. The Morgan fingerprint density at radius 2 is 2.13 bits per heavy atom. The zero-order valence-electron chi connectivity index (χ0n) is 8.42. The van der Waals surface area contributed by atoms with Gasteiger partial charge >= 0.3 is 0 Å². The summed E-state index contributed by atoms with van der Waals surface area (Å²) in [4.78, 5) is 4.54. The molecule has 0 saturated carbocycles. The maximum Gasteiger partial charge on any atom is 0.140 e. The normalized spacial score (nSPS) is 15.1. The van der Waals surface area contributed by atoms with Gasteiger partial charge in [-0.15, -0.1) is 0 Å². The highest BCUT2D eigenvalue weighted by Crippen LogP contribution is 2.37. The quantitative estimate of drug-likeness (QED) is 0.763. The van der Waals surface area contributed by atoms with Crippen molar-refractivity contribution in [3.05, 3.63) is 27.8 Å². The summed E-state index contributed by atoms with van der Waals surface area (Å²) in [6.45, 7) is 0.193. The van der Waals surface area contributed by atoms with E-state index in [2.05, 4.69) is 4.84 Å². The SMILES string of the molecule is NOCc1cc2c(c(Cl)c1O)CCCC2. The summed E-state index contributed by atoms with van der Waals surface area (Å²) in [5, 5.41) is 10.3. The summed E-state index contributed by atoms with van der Waals surface area (Å²) >= 11 is 6.11. The van der Waals surface area contributed by atoms with Crippen LogP contribution in [0.3, 0.4) is 0 Å². The number of halogens is 1. The molecule has 3 N–H and O–H groups in total. The van der Waals surface area contributed by atoms with E-state index in [1.165, 1.54) is 12.0 Å². The Kier molecular flexibility index (Phi) is 3.14. The van der Waals surface area contributed by atoms with Crippen molar-refractivity contribution in [1.82, 2.24) is 0 Å². The lowest BCUT2D eigenvalue weighted by atomic mass is 9.90. The van der Waals surface area contributed by atoms with E-state index in [0.29, 0.717) is 10.6 Å². The number of phenols is 1. The predicted octanol–water partition coefficient (Wildman–Crippen LogP) is 2.31. The van der Waals surface area contributed by atoms with Gasteiger partial charge in [0.15, 0.2) is 0 Å². The Balaban J connectivity index is 2.47. The van der Waals surface area contributed by atoms with Crippen molar-refractivity contribution in [2.45, 2.75) is 32.3 Å². The molecule has 1 aromatic rings. The zero-order chi connectivity index (χ0) is 10.8. The molecule has 2 rings (SSSR count). The van der Waals surface area contributed by atoms with E-state index >= 15 is 0 Å². The minimum atomic E-state index is 0.114. The summed E-state index contributed by atoms with van der Waals surface area (Å²) < 4.78 is 0. The standard InChI is InChI=1S/C11H14ClNO2/c12-10-9-4-2-1-3-7(9)5-8(6-15-13)11(10)14/h5,14H,1-4,6,13H2. The summed E-state index contributed by atoms with van der Waals surface area (Å²) in [5.74, 6) is 5.12. The molecule has 0 fully saturated rings. The molecule has 3 nitrogen and oxygen atoms in total. The molecule has 0 spiro atoms. The molecule has 1 aliphatic carbocycles. The van der Waals surface area contributed by atoms with Crippen molar-refractivity contribution < 1.29 is 9.94 Å². The van der Waals surface area contributed by atoms with E-state index in [0.717, 1.165) is 24.8 Å². The van der Waals surface area contributed by atoms with Crippen molar-refractivity contribution >= 4 is 11.6 Å². The van der Waals surface area contributed by atoms with Crippen LogP contribution in [0, 0.1) is 0 Å². The Morgan fingerprint density at radius 1 is 1.40 bits per heavy atom. The molecule has 0 atom stereocenters. The molecule has 0 aromatic heterocycles. The Bertz CT molecular complexity index is 379. The molecular formula is C11H14ClNO2. The Hall–Kier alpha value is -0.770. The molecule has 4 heteroatoms. The van der Waals surface area contributed by atoms with Gasteiger partial charge in [-0.2, -0.15) is 0 Å². The van der Waals surface area contributed by atoms with Crippen LogP contribution in [0.25, 0.3) is 0 Å². The van der Waals surface area contributed by atoms with Gasteiger partial charge < -0.3 is 5.11 Å². The molecule has 82 valence electrons. The second-order valence-corrected chi connectivity index (χ2v) is 4.23. The zero-order valence-corrected chi connectivity index (χ0v) is 9.18. The first-order chi connectivity index (χ1) is 7.24. The van der Waals surface area contributed by atoms with Crippen LogP contribution in [-0.2, 0) is 24.3 Å². The largest absolute Gasteiger partial charge is 0.506 e. The van der Waals surface area contributed by atoms with Crippen LogP contribution >= 0.6 is 11.6 Å². The van der Waals surface area contributed by atoms with E-state index < -0.39 is 0 Å². The Morgan fingerprint density at radius 3 is 2.87 bits per heavy atom. The van der Waals surface area contributed by atoms with Crippen LogP contribution in [0.2, 0.25) is 5.02 Å². The molecular weight excluding hydrogens is 214 g/mol. The number of aromatic hydroxyl groups is 1. The highest BCUT2D eigenvalue weighted by molar-refractivity contribution is 6.33. The number of phenolic OH excluding ortho intramolecular Hbond substituents is 1. The summed E-state index contributed by atoms with van der Waals surface area (Å²) in [5.41, 5.74) is 2.97. The molecule has 0 aliphatic heterocycles. The lowest BCUT2D eigenvalue weighted by Gasteiger charge is -2.19. The van der Waals surface area contributed by atoms with Crippen LogP contribution in [0.4, 0.5) is 0 Å². The number of rotatable bonds is 2. The van der Waals surface area contributed by atoms with Gasteiger partial charge in [0.1, 0.15) is 5.75 Å². The molecule has 0 heterocycles. The average molecular weight is 228 g/mol. The van der Waals surface area contributed by atoms with Gasteiger partial charge in [-0.1, -0.05) is 11.6 Å². The van der Waals surface area contributed by atoms with Gasteiger partial charge in [-0.3, -0.25) is 4.84 Å². The van der Waals surface area contributed by atoms with E-state index in [-0.39, 0.29) is 12.4 Å². The minimum Gasteiger partial charge on any atom is -0.506 e. The van der Waals surface area contributed by atoms with E-state index in [4.69, 9.17) is 17.5 Å². The van der Waals surface area contributed by atoms with Crippen LogP contribution in [-0.4, -0.2) is 5.11 Å². The van der Waals surface area contributed by atoms with E-state index in [1.54, 1.807) is 0 Å². The average Bonchev–Trinajstić information content (AvgIpc) is 2.26. The van der Waals surface area contributed by atoms with Gasteiger partial charge in [0.05, 0.1) is 11.6 Å². The van der Waals surface area contributed by atoms with Crippen molar-refractivity contribution in [3.63, 3.8) is 0 Å². The molecule has 0 saturated heterocycles. The fourth-order valence-electron chi connectivity index (χ4n) is 2.10. The van der Waals surface area contributed by atoms with Gasteiger partial charge in [-0.25, -0.2) is 5.90 Å². The fraction of sp³-hybridized carbons (Fsp3) is 0.455. The predicted molar refractivity (Wildman–Crippen MR) is 58.7 cm³/mol. The lowest BCUT2D eigenvalue weighted by Crippen LogP contribution is -2.07. The fourth-order valence-corrected chi connectivity index (χ4v) is 2.44. The smallest absolute Gasteiger partial charge is 0.140 e. The molecule has 1 aromatic carbocycles. The molecule has 0 radical (unpaired) electrons. The topological polar surface area (TPSA) is 55.5 Å². The monoisotopic (exact) mass is 227 g/mol. The van der Waals surface area contributed by atoms with Crippen LogP contribution in [0.5, 0.6) is 5.75 Å². The van der Waals surface area contributed by atoms with Crippen LogP contribution in [0.15, 0.2) is 6.07 Å². The summed E-state index contributed by atoms with van der Waals surface area (Å²) in [7, 11) is 0. The second kappa shape index (κ2) is 4.39. The third-order valence-electron chi connectivity index (χ3n) is 2.87. The summed E-state index contributed by atoms with van der Waals surface area (Å²) in [6.07, 6.45) is 4.29. The van der Waals surface area contributed by atoms with Gasteiger partial charge in [0.25, 0.3) is 0 Å². The van der Waals surface area contributed by atoms with Crippen LogP contribution < -0.4 is 5.90 Å². The number of hydrogen-bond donors (Lipinski definition) is 2. The number of benzene rings is 1. The lowest BCUT2D eigenvalue weighted by molar-refractivity contribution is 0.122. The Labute approximate surface area is 93.8 Å². The maximum absolute atomic E-state index is 9.82. The molecule has 0 amide bonds. The van der Waals surface area contributed by atoms with Crippen LogP contribution in [0.1, 0.15) is 29.5 Å². The first kappa shape index (κ1) is 10.7. The first-order valence-corrected chi connectivity index (χ1v) is 5.45. The number of hydrogen-bond acceptors (Lipinski definition) is 3. The van der Waals surface area contributed by atoms with E-state index in [1.807, 2.05) is 6.07 Å². The van der Waals surface area contributed by atoms with E-state index in [9.17, 15) is 5.11 Å². The van der Waals surface area contributed by atoms with Gasteiger partial charge in [0, 0.05) is 5.56 Å². The second-order valence-electron chi connectivity index (χ2n) is 3.85. The van der Waals surface area contributed by atoms with Crippen molar-refractivity contribution in [2.75, 3.05) is 0 Å². The van der Waals surface area contributed by atoms with Gasteiger partial charge in [0.2, 0.25) is 0 Å². The van der Waals surface area contributed by atoms with Crippen molar-refractivity contribution in [3.8, 4) is 5.75 Å². The van der Waals surface area contributed by atoms with Gasteiger partial charge in [-0.05, 0) is 42.9 Å². The third kappa shape index (κ3) is 1.95. The first-order valence-electron chi connectivity index (χ1n) is 5.07. The maximum atomic E-state index is 9.82.